The quantitative estimate of drug-likeness (QED) is 0.852. The van der Waals surface area contributed by atoms with Crippen molar-refractivity contribution in [2.24, 2.45) is 0 Å². The van der Waals surface area contributed by atoms with Gasteiger partial charge in [0, 0.05) is 25.7 Å². The first kappa shape index (κ1) is 12.5. The largest absolute Gasteiger partial charge is 0.311 e. The first-order chi connectivity index (χ1) is 8.05. The van der Waals surface area contributed by atoms with Gasteiger partial charge >= 0.3 is 0 Å². The van der Waals surface area contributed by atoms with Gasteiger partial charge in [0.05, 0.1) is 6.26 Å². The Bertz CT molecular complexity index is 459. The first-order valence-corrected chi connectivity index (χ1v) is 7.63. The zero-order valence-corrected chi connectivity index (χ0v) is 10.8. The van der Waals surface area contributed by atoms with E-state index in [9.17, 15) is 8.42 Å². The summed E-state index contributed by atoms with van der Waals surface area (Å²) in [5, 5.41) is 3.36. The van der Waals surface area contributed by atoms with E-state index in [1.165, 1.54) is 11.8 Å². The predicted molar refractivity (Wildman–Crippen MR) is 68.4 cm³/mol. The highest BCUT2D eigenvalue weighted by atomic mass is 32.2. The summed E-state index contributed by atoms with van der Waals surface area (Å²) < 4.78 is 24.5. The molecule has 5 heteroatoms. The van der Waals surface area contributed by atoms with Gasteiger partial charge in [-0.15, -0.1) is 0 Å². The van der Waals surface area contributed by atoms with Crippen molar-refractivity contribution in [2.45, 2.75) is 12.5 Å². The lowest BCUT2D eigenvalue weighted by atomic mass is 10.1. The zero-order chi connectivity index (χ0) is 12.3. The minimum atomic E-state index is -3.06. The fourth-order valence-corrected chi connectivity index (χ4v) is 3.01. The molecule has 0 radical (unpaired) electrons. The Balaban J connectivity index is 1.99. The van der Waals surface area contributed by atoms with E-state index >= 15 is 0 Å². The summed E-state index contributed by atoms with van der Waals surface area (Å²) in [6.07, 6.45) is 2.14. The molecule has 1 aromatic carbocycles. The van der Waals surface area contributed by atoms with Crippen LogP contribution in [0.4, 0.5) is 0 Å². The molecule has 0 spiro atoms. The third-order valence-corrected chi connectivity index (χ3v) is 4.28. The number of sulfonamides is 1. The van der Waals surface area contributed by atoms with Crippen LogP contribution in [0.3, 0.4) is 0 Å². The molecule has 0 saturated carbocycles. The number of rotatable bonds is 3. The summed E-state index contributed by atoms with van der Waals surface area (Å²) in [6, 6.07) is 10.3. The Hall–Kier alpha value is -0.910. The topological polar surface area (TPSA) is 49.4 Å². The molecule has 0 unspecified atom stereocenters. The van der Waals surface area contributed by atoms with Gasteiger partial charge in [0.15, 0.2) is 0 Å². The third-order valence-electron chi connectivity index (χ3n) is 3.01. The van der Waals surface area contributed by atoms with E-state index in [-0.39, 0.29) is 6.04 Å². The van der Waals surface area contributed by atoms with Crippen molar-refractivity contribution in [1.29, 1.82) is 0 Å². The summed E-state index contributed by atoms with van der Waals surface area (Å²) in [4.78, 5) is 0. The molecule has 1 saturated heterocycles. The molecule has 1 aliphatic heterocycles. The van der Waals surface area contributed by atoms with Crippen LogP contribution in [0.1, 0.15) is 5.56 Å². The molecule has 1 aliphatic rings. The lowest BCUT2D eigenvalue weighted by molar-refractivity contribution is 0.298. The Labute approximate surface area is 103 Å². The number of nitrogens with zero attached hydrogens (tertiary/aromatic N) is 1. The highest BCUT2D eigenvalue weighted by Crippen LogP contribution is 2.09. The maximum absolute atomic E-state index is 11.5. The monoisotopic (exact) mass is 254 g/mol. The second-order valence-electron chi connectivity index (χ2n) is 4.46. The summed E-state index contributed by atoms with van der Waals surface area (Å²) in [7, 11) is -3.06. The van der Waals surface area contributed by atoms with Crippen LogP contribution >= 0.6 is 0 Å². The van der Waals surface area contributed by atoms with E-state index in [2.05, 4.69) is 17.4 Å². The predicted octanol–water partition coefficient (Wildman–Crippen LogP) is 0.462. The van der Waals surface area contributed by atoms with Crippen LogP contribution in [0, 0.1) is 0 Å². The molecule has 1 fully saturated rings. The fraction of sp³-hybridized carbons (Fsp3) is 0.500. The molecular weight excluding hydrogens is 236 g/mol. The molecule has 0 aromatic heterocycles. The zero-order valence-electron chi connectivity index (χ0n) is 9.96. The SMILES string of the molecule is CS(=O)(=O)N1CCN[C@@H](Cc2ccccc2)C1. The second-order valence-corrected chi connectivity index (χ2v) is 6.44. The highest BCUT2D eigenvalue weighted by molar-refractivity contribution is 7.88. The van der Waals surface area contributed by atoms with E-state index < -0.39 is 10.0 Å². The minimum Gasteiger partial charge on any atom is -0.311 e. The maximum atomic E-state index is 11.5. The van der Waals surface area contributed by atoms with Crippen molar-refractivity contribution in [1.82, 2.24) is 9.62 Å². The van der Waals surface area contributed by atoms with E-state index in [0.717, 1.165) is 13.0 Å². The molecule has 1 heterocycles. The van der Waals surface area contributed by atoms with Crippen molar-refractivity contribution >= 4 is 10.0 Å². The average Bonchev–Trinajstić information content (AvgIpc) is 2.29. The summed E-state index contributed by atoms with van der Waals surface area (Å²) in [5.74, 6) is 0. The molecule has 17 heavy (non-hydrogen) atoms. The standard InChI is InChI=1S/C12H18N2O2S/c1-17(15,16)14-8-7-13-12(10-14)9-11-5-3-2-4-6-11/h2-6,12-13H,7-10H2,1H3/t12-/m0/s1. The Morgan fingerprint density at radius 3 is 2.71 bits per heavy atom. The van der Waals surface area contributed by atoms with Crippen molar-refractivity contribution in [3.05, 3.63) is 35.9 Å². The van der Waals surface area contributed by atoms with Crippen molar-refractivity contribution in [3.8, 4) is 0 Å². The first-order valence-electron chi connectivity index (χ1n) is 5.78. The molecule has 1 atom stereocenters. The van der Waals surface area contributed by atoms with Crippen LogP contribution in [0.2, 0.25) is 0 Å². The van der Waals surface area contributed by atoms with Gasteiger partial charge in [0.25, 0.3) is 0 Å². The van der Waals surface area contributed by atoms with Gasteiger partial charge in [-0.1, -0.05) is 30.3 Å². The third kappa shape index (κ3) is 3.52. The molecule has 0 bridgehead atoms. The summed E-state index contributed by atoms with van der Waals surface area (Å²) in [5.41, 5.74) is 1.24. The van der Waals surface area contributed by atoms with Crippen LogP contribution < -0.4 is 5.32 Å². The lowest BCUT2D eigenvalue weighted by Crippen LogP contribution is -2.53. The van der Waals surface area contributed by atoms with Gasteiger partial charge in [-0.25, -0.2) is 8.42 Å². The highest BCUT2D eigenvalue weighted by Gasteiger charge is 2.25. The molecular formula is C12H18N2O2S. The van der Waals surface area contributed by atoms with Crippen LogP contribution in [0.25, 0.3) is 0 Å². The van der Waals surface area contributed by atoms with Crippen molar-refractivity contribution in [3.63, 3.8) is 0 Å². The van der Waals surface area contributed by atoms with E-state index in [0.29, 0.717) is 13.1 Å². The fourth-order valence-electron chi connectivity index (χ4n) is 2.13. The maximum Gasteiger partial charge on any atom is 0.211 e. The molecule has 2 rings (SSSR count). The number of hydrogen-bond donors (Lipinski definition) is 1. The van der Waals surface area contributed by atoms with E-state index in [1.54, 1.807) is 4.31 Å². The number of nitrogens with one attached hydrogen (secondary N) is 1. The lowest BCUT2D eigenvalue weighted by Gasteiger charge is -2.32. The Morgan fingerprint density at radius 2 is 2.06 bits per heavy atom. The number of piperazine rings is 1. The Kier molecular flexibility index (Phi) is 3.81. The molecule has 94 valence electrons. The second kappa shape index (κ2) is 5.16. The van der Waals surface area contributed by atoms with Gasteiger partial charge in [-0.3, -0.25) is 0 Å². The van der Waals surface area contributed by atoms with Crippen LogP contribution in [-0.4, -0.2) is 44.7 Å². The van der Waals surface area contributed by atoms with Gasteiger partial charge in [-0.05, 0) is 12.0 Å². The van der Waals surface area contributed by atoms with Crippen molar-refractivity contribution in [2.75, 3.05) is 25.9 Å². The molecule has 0 aliphatic carbocycles. The Morgan fingerprint density at radius 1 is 1.35 bits per heavy atom. The minimum absolute atomic E-state index is 0.209. The van der Waals surface area contributed by atoms with Gasteiger partial charge in [-0.2, -0.15) is 4.31 Å². The normalized spacial score (nSPS) is 22.5. The van der Waals surface area contributed by atoms with Gasteiger partial charge in [0.1, 0.15) is 0 Å². The van der Waals surface area contributed by atoms with Gasteiger partial charge in [0.2, 0.25) is 10.0 Å². The molecule has 0 amide bonds. The van der Waals surface area contributed by atoms with E-state index in [1.807, 2.05) is 18.2 Å². The average molecular weight is 254 g/mol. The van der Waals surface area contributed by atoms with Crippen LogP contribution in [0.15, 0.2) is 30.3 Å². The van der Waals surface area contributed by atoms with Crippen LogP contribution in [-0.2, 0) is 16.4 Å². The van der Waals surface area contributed by atoms with Gasteiger partial charge < -0.3 is 5.32 Å². The van der Waals surface area contributed by atoms with Crippen molar-refractivity contribution < 1.29 is 8.42 Å². The summed E-state index contributed by atoms with van der Waals surface area (Å²) in [6.45, 7) is 1.86. The smallest absolute Gasteiger partial charge is 0.211 e. The summed E-state index contributed by atoms with van der Waals surface area (Å²) >= 11 is 0. The molecule has 4 nitrogen and oxygen atoms in total. The van der Waals surface area contributed by atoms with Crippen LogP contribution in [0.5, 0.6) is 0 Å². The molecule has 1 N–H and O–H groups in total. The number of benzene rings is 1. The van der Waals surface area contributed by atoms with E-state index in [4.69, 9.17) is 0 Å². The number of hydrogen-bond acceptors (Lipinski definition) is 3. The molecule has 1 aromatic rings.